The summed E-state index contributed by atoms with van der Waals surface area (Å²) in [4.78, 5) is 11.3. The third kappa shape index (κ3) is 3.93. The van der Waals surface area contributed by atoms with E-state index in [0.717, 1.165) is 19.3 Å². The molecule has 1 aliphatic heterocycles. The average molecular weight is 259 g/mol. The van der Waals surface area contributed by atoms with Crippen LogP contribution in [0.25, 0.3) is 0 Å². The lowest BCUT2D eigenvalue weighted by atomic mass is 10.1. The lowest BCUT2D eigenvalue weighted by molar-refractivity contribution is -0.293. The van der Waals surface area contributed by atoms with Gasteiger partial charge in [0.2, 0.25) is 5.91 Å². The molecule has 1 heterocycles. The largest absolute Gasteiger partial charge is 0.352 e. The van der Waals surface area contributed by atoms with Crippen molar-refractivity contribution < 1.29 is 19.0 Å². The summed E-state index contributed by atoms with van der Waals surface area (Å²) in [6.07, 6.45) is 2.24. The zero-order valence-electron chi connectivity index (χ0n) is 11.8. The molecular weight excluding hydrogens is 234 g/mol. The van der Waals surface area contributed by atoms with Crippen molar-refractivity contribution in [3.05, 3.63) is 0 Å². The molecular formula is C13H25NO4. The highest BCUT2D eigenvalue weighted by molar-refractivity contribution is 5.73. The quantitative estimate of drug-likeness (QED) is 0.711. The second-order valence-electron chi connectivity index (χ2n) is 4.75. The molecule has 0 aromatic rings. The van der Waals surface area contributed by atoms with Gasteiger partial charge < -0.3 is 19.5 Å². The van der Waals surface area contributed by atoms with Crippen LogP contribution in [0.15, 0.2) is 0 Å². The number of hydrogen-bond acceptors (Lipinski definition) is 4. The monoisotopic (exact) mass is 259 g/mol. The molecule has 0 radical (unpaired) electrons. The Morgan fingerprint density at radius 2 is 2.06 bits per heavy atom. The van der Waals surface area contributed by atoms with Gasteiger partial charge >= 0.3 is 0 Å². The molecule has 0 saturated carbocycles. The topological polar surface area (TPSA) is 56.8 Å². The first-order valence-electron chi connectivity index (χ1n) is 6.76. The van der Waals surface area contributed by atoms with Gasteiger partial charge in [0.1, 0.15) is 0 Å². The average Bonchev–Trinajstić information content (AvgIpc) is 2.60. The van der Waals surface area contributed by atoms with Gasteiger partial charge in [-0.25, -0.2) is 0 Å². The predicted molar refractivity (Wildman–Crippen MR) is 67.7 cm³/mol. The van der Waals surface area contributed by atoms with Gasteiger partial charge in [-0.1, -0.05) is 20.8 Å². The lowest BCUT2D eigenvalue weighted by Crippen LogP contribution is -2.54. The van der Waals surface area contributed by atoms with E-state index in [1.54, 1.807) is 0 Å². The van der Waals surface area contributed by atoms with Crippen LogP contribution >= 0.6 is 0 Å². The maximum atomic E-state index is 11.3. The van der Waals surface area contributed by atoms with Crippen molar-refractivity contribution in [2.24, 2.45) is 5.92 Å². The summed E-state index contributed by atoms with van der Waals surface area (Å²) in [5, 5.41) is 2.78. The van der Waals surface area contributed by atoms with Crippen LogP contribution in [-0.4, -0.2) is 31.3 Å². The van der Waals surface area contributed by atoms with Crippen molar-refractivity contribution in [2.75, 3.05) is 13.2 Å². The summed E-state index contributed by atoms with van der Waals surface area (Å²) in [6, 6.07) is 0. The maximum Gasteiger partial charge on any atom is 0.256 e. The Hall–Kier alpha value is -0.650. The fourth-order valence-corrected chi connectivity index (χ4v) is 2.02. The first kappa shape index (κ1) is 15.4. The van der Waals surface area contributed by atoms with Crippen molar-refractivity contribution in [1.29, 1.82) is 0 Å². The van der Waals surface area contributed by atoms with E-state index < -0.39 is 5.91 Å². The van der Waals surface area contributed by atoms with Crippen molar-refractivity contribution in [2.45, 2.75) is 59.2 Å². The molecule has 0 aliphatic carbocycles. The summed E-state index contributed by atoms with van der Waals surface area (Å²) < 4.78 is 17.1. The molecule has 3 unspecified atom stereocenters. The van der Waals surface area contributed by atoms with Gasteiger partial charge in [0.15, 0.2) is 6.29 Å². The van der Waals surface area contributed by atoms with Gasteiger partial charge in [-0.15, -0.1) is 0 Å². The van der Waals surface area contributed by atoms with E-state index >= 15 is 0 Å². The smallest absolute Gasteiger partial charge is 0.256 e. The van der Waals surface area contributed by atoms with Gasteiger partial charge in [-0.2, -0.15) is 0 Å². The van der Waals surface area contributed by atoms with Gasteiger partial charge in [0.05, 0.1) is 6.61 Å². The standard InChI is InChI=1S/C13H25NO4/c1-5-7-16-12-9-10(3)13(18-12,14-11(4)15)17-8-6-2/h10,12H,5-9H2,1-4H3,(H,14,15). The third-order valence-corrected chi connectivity index (χ3v) is 2.88. The SMILES string of the molecule is CCCOC1CC(C)C(NC(C)=O)(OCCC)O1. The van der Waals surface area contributed by atoms with Crippen molar-refractivity contribution in [3.8, 4) is 0 Å². The lowest BCUT2D eigenvalue weighted by Gasteiger charge is -2.33. The van der Waals surface area contributed by atoms with Crippen molar-refractivity contribution in [1.82, 2.24) is 5.32 Å². The highest BCUT2D eigenvalue weighted by Gasteiger charge is 2.49. The molecule has 1 saturated heterocycles. The molecule has 1 amide bonds. The van der Waals surface area contributed by atoms with E-state index in [-0.39, 0.29) is 18.1 Å². The molecule has 0 aromatic heterocycles. The van der Waals surface area contributed by atoms with E-state index in [1.807, 2.05) is 20.8 Å². The predicted octanol–water partition coefficient (Wildman–Crippen LogP) is 2.01. The van der Waals surface area contributed by atoms with Gasteiger partial charge in [0, 0.05) is 25.9 Å². The van der Waals surface area contributed by atoms with E-state index in [4.69, 9.17) is 14.2 Å². The van der Waals surface area contributed by atoms with Crippen LogP contribution in [0, 0.1) is 5.92 Å². The van der Waals surface area contributed by atoms with Gasteiger partial charge in [-0.05, 0) is 12.8 Å². The van der Waals surface area contributed by atoms with Crippen LogP contribution < -0.4 is 5.32 Å². The van der Waals surface area contributed by atoms with Crippen LogP contribution in [0.1, 0.15) is 47.0 Å². The molecule has 1 N–H and O–H groups in total. The van der Waals surface area contributed by atoms with Crippen molar-refractivity contribution in [3.63, 3.8) is 0 Å². The van der Waals surface area contributed by atoms with Gasteiger partial charge in [0.25, 0.3) is 5.91 Å². The minimum Gasteiger partial charge on any atom is -0.352 e. The number of hydrogen-bond donors (Lipinski definition) is 1. The molecule has 0 spiro atoms. The van der Waals surface area contributed by atoms with E-state index in [2.05, 4.69) is 5.32 Å². The second kappa shape index (κ2) is 7.07. The van der Waals surface area contributed by atoms with Crippen LogP contribution in [0.3, 0.4) is 0 Å². The fourth-order valence-electron chi connectivity index (χ4n) is 2.02. The Morgan fingerprint density at radius 3 is 2.61 bits per heavy atom. The maximum absolute atomic E-state index is 11.3. The second-order valence-corrected chi connectivity index (χ2v) is 4.75. The summed E-state index contributed by atoms with van der Waals surface area (Å²) in [7, 11) is 0. The molecule has 5 heteroatoms. The van der Waals surface area contributed by atoms with E-state index in [1.165, 1.54) is 6.92 Å². The number of carbonyl (C=O) groups is 1. The molecule has 1 aliphatic rings. The molecule has 1 rings (SSSR count). The van der Waals surface area contributed by atoms with E-state index in [0.29, 0.717) is 13.2 Å². The highest BCUT2D eigenvalue weighted by atomic mass is 16.8. The molecule has 106 valence electrons. The minimum atomic E-state index is -1.03. The minimum absolute atomic E-state index is 0.0646. The summed E-state index contributed by atoms with van der Waals surface area (Å²) in [5.74, 6) is -1.12. The molecule has 18 heavy (non-hydrogen) atoms. The van der Waals surface area contributed by atoms with Crippen LogP contribution in [0.4, 0.5) is 0 Å². The van der Waals surface area contributed by atoms with Crippen LogP contribution in [0.2, 0.25) is 0 Å². The first-order valence-corrected chi connectivity index (χ1v) is 6.76. The number of amides is 1. The summed E-state index contributed by atoms with van der Waals surface area (Å²) in [5.41, 5.74) is 0. The molecule has 5 nitrogen and oxygen atoms in total. The number of ether oxygens (including phenoxy) is 3. The summed E-state index contributed by atoms with van der Waals surface area (Å²) >= 11 is 0. The zero-order valence-corrected chi connectivity index (χ0v) is 11.8. The molecule has 1 fully saturated rings. The Balaban J connectivity index is 2.66. The fraction of sp³-hybridized carbons (Fsp3) is 0.923. The number of rotatable bonds is 7. The van der Waals surface area contributed by atoms with E-state index in [9.17, 15) is 4.79 Å². The van der Waals surface area contributed by atoms with Crippen LogP contribution in [-0.2, 0) is 19.0 Å². The molecule has 3 atom stereocenters. The third-order valence-electron chi connectivity index (χ3n) is 2.88. The van der Waals surface area contributed by atoms with Crippen LogP contribution in [0.5, 0.6) is 0 Å². The molecule has 0 bridgehead atoms. The summed E-state index contributed by atoms with van der Waals surface area (Å²) in [6.45, 7) is 8.74. The Labute approximate surface area is 109 Å². The molecule has 0 aromatic carbocycles. The number of carbonyl (C=O) groups excluding carboxylic acids is 1. The first-order chi connectivity index (χ1) is 8.54. The number of nitrogens with one attached hydrogen (secondary N) is 1. The van der Waals surface area contributed by atoms with Gasteiger partial charge in [-0.3, -0.25) is 4.79 Å². The zero-order chi connectivity index (χ0) is 13.6. The van der Waals surface area contributed by atoms with Crippen molar-refractivity contribution >= 4 is 5.91 Å². The Bertz CT molecular complexity index is 272. The highest BCUT2D eigenvalue weighted by Crippen LogP contribution is 2.35. The Kier molecular flexibility index (Phi) is 6.05. The Morgan fingerprint density at radius 1 is 1.39 bits per heavy atom. The normalized spacial score (nSPS) is 31.6.